The first-order valence-corrected chi connectivity index (χ1v) is 15.5. The van der Waals surface area contributed by atoms with Gasteiger partial charge < -0.3 is 15.1 Å². The number of fused-ring (bicyclic) bond motifs is 1. The molecule has 39 heavy (non-hydrogen) atoms. The van der Waals surface area contributed by atoms with E-state index in [-0.39, 0.29) is 17.2 Å². The second-order valence-corrected chi connectivity index (χ2v) is 13.6. The molecule has 2 aliphatic rings. The highest BCUT2D eigenvalue weighted by Gasteiger charge is 2.25. The molecule has 1 unspecified atom stereocenters. The number of carbonyl (C=O) groups is 1. The minimum atomic E-state index is -0.0552. The van der Waals surface area contributed by atoms with Gasteiger partial charge in [-0.1, -0.05) is 50.0 Å². The van der Waals surface area contributed by atoms with E-state index in [1.54, 1.807) is 24.2 Å². The second kappa shape index (κ2) is 12.3. The molecule has 1 saturated heterocycles. The molecule has 0 radical (unpaired) electrons. The van der Waals surface area contributed by atoms with E-state index in [1.807, 2.05) is 0 Å². The molecule has 1 amide bonds. The zero-order valence-corrected chi connectivity index (χ0v) is 24.8. The van der Waals surface area contributed by atoms with Crippen molar-refractivity contribution in [2.45, 2.75) is 68.4 Å². The van der Waals surface area contributed by atoms with Crippen molar-refractivity contribution >= 4 is 34.1 Å². The summed E-state index contributed by atoms with van der Waals surface area (Å²) in [6.45, 7) is 12.1. The number of oxazole rings is 1. The Labute approximate surface area is 239 Å². The summed E-state index contributed by atoms with van der Waals surface area (Å²) < 4.78 is 6.89. The third kappa shape index (κ3) is 7.31. The molecule has 0 aliphatic carbocycles. The van der Waals surface area contributed by atoms with Crippen LogP contribution in [0.5, 0.6) is 0 Å². The van der Waals surface area contributed by atoms with Crippen molar-refractivity contribution in [3.05, 3.63) is 58.9 Å². The van der Waals surface area contributed by atoms with Crippen LogP contribution < -0.4 is 10.6 Å². The van der Waals surface area contributed by atoms with E-state index >= 15 is 0 Å². The molecule has 7 nitrogen and oxygen atoms in total. The summed E-state index contributed by atoms with van der Waals surface area (Å²) in [6, 6.07) is 7.00. The van der Waals surface area contributed by atoms with Gasteiger partial charge in [0.15, 0.2) is 5.13 Å². The van der Waals surface area contributed by atoms with Gasteiger partial charge in [0.2, 0.25) is 11.8 Å². The summed E-state index contributed by atoms with van der Waals surface area (Å²) in [5.41, 5.74) is 3.84. The third-order valence-corrected chi connectivity index (χ3v) is 9.39. The molecule has 206 valence electrons. The summed E-state index contributed by atoms with van der Waals surface area (Å²) in [5.74, 6) is 8.98. The molecule has 0 saturated carbocycles. The van der Waals surface area contributed by atoms with Crippen LogP contribution in [0.15, 0.2) is 39.2 Å². The monoisotopic (exact) mass is 563 g/mol. The number of amides is 1. The highest BCUT2D eigenvalue weighted by Crippen LogP contribution is 2.32. The molecule has 1 fully saturated rings. The number of thioether (sulfide) groups is 1. The minimum Gasteiger partial charge on any atom is -0.444 e. The van der Waals surface area contributed by atoms with Gasteiger partial charge in [-0.25, -0.2) is 9.97 Å². The van der Waals surface area contributed by atoms with E-state index in [2.05, 4.69) is 83.2 Å². The number of rotatable bonds is 6. The van der Waals surface area contributed by atoms with Crippen molar-refractivity contribution in [1.29, 1.82) is 0 Å². The largest absolute Gasteiger partial charge is 0.444 e. The Bertz CT molecular complexity index is 1360. The van der Waals surface area contributed by atoms with Crippen LogP contribution in [0.2, 0.25) is 0 Å². The molecule has 2 aromatic heterocycles. The maximum atomic E-state index is 12.9. The van der Waals surface area contributed by atoms with Crippen LogP contribution in [-0.4, -0.2) is 47.0 Å². The third-order valence-electron chi connectivity index (χ3n) is 7.29. The Balaban J connectivity index is 1.05. The van der Waals surface area contributed by atoms with Crippen LogP contribution in [0.3, 0.4) is 0 Å². The Kier molecular flexibility index (Phi) is 8.77. The zero-order valence-electron chi connectivity index (χ0n) is 23.2. The number of nitrogens with one attached hydrogen (secondary N) is 2. The van der Waals surface area contributed by atoms with Gasteiger partial charge in [0.05, 0.1) is 28.9 Å². The van der Waals surface area contributed by atoms with Gasteiger partial charge in [-0.2, -0.15) is 0 Å². The first kappa shape index (κ1) is 27.9. The van der Waals surface area contributed by atoms with Crippen molar-refractivity contribution in [2.24, 2.45) is 5.92 Å². The summed E-state index contributed by atoms with van der Waals surface area (Å²) in [4.78, 5) is 24.0. The van der Waals surface area contributed by atoms with E-state index in [0.29, 0.717) is 22.8 Å². The number of thiazole rings is 1. The lowest BCUT2D eigenvalue weighted by Crippen LogP contribution is -2.38. The van der Waals surface area contributed by atoms with Gasteiger partial charge in [-0.05, 0) is 69.1 Å². The van der Waals surface area contributed by atoms with E-state index in [9.17, 15) is 4.79 Å². The van der Waals surface area contributed by atoms with Crippen molar-refractivity contribution in [3.8, 4) is 11.8 Å². The molecule has 2 N–H and O–H groups in total. The second-order valence-electron chi connectivity index (χ2n) is 11.3. The average molecular weight is 564 g/mol. The Morgan fingerprint density at radius 3 is 2.85 bits per heavy atom. The van der Waals surface area contributed by atoms with Crippen molar-refractivity contribution in [3.63, 3.8) is 0 Å². The standard InChI is InChI=1S/C30H37N5O2S2/c1-20-24-8-7-21(16-23(24)9-12-31-20)6-5-13-35-14-10-22(11-15-35)28(36)34-29-33-18-27(39-29)38-19-26-32-17-25(37-26)30(2,3)4/h7-8,16-18,20,22,31H,9-15,19H2,1-4H3,(H,33,34,36). The van der Waals surface area contributed by atoms with Gasteiger partial charge in [0.1, 0.15) is 5.76 Å². The fourth-order valence-corrected chi connectivity index (χ4v) is 6.64. The summed E-state index contributed by atoms with van der Waals surface area (Å²) in [5, 5.41) is 7.18. The Morgan fingerprint density at radius 2 is 2.08 bits per heavy atom. The topological polar surface area (TPSA) is 83.3 Å². The molecule has 4 heterocycles. The lowest BCUT2D eigenvalue weighted by Gasteiger charge is -2.29. The molecule has 0 spiro atoms. The van der Waals surface area contributed by atoms with Gasteiger partial charge in [0.25, 0.3) is 0 Å². The predicted octanol–water partition coefficient (Wildman–Crippen LogP) is 5.63. The smallest absolute Gasteiger partial charge is 0.229 e. The number of nitrogens with zero attached hydrogens (tertiary/aromatic N) is 3. The number of anilines is 1. The van der Waals surface area contributed by atoms with Crippen LogP contribution in [-0.2, 0) is 22.4 Å². The first-order valence-electron chi connectivity index (χ1n) is 13.7. The number of aromatic nitrogens is 2. The predicted molar refractivity (Wildman–Crippen MR) is 158 cm³/mol. The molecule has 9 heteroatoms. The number of benzene rings is 1. The fraction of sp³-hybridized carbons (Fsp3) is 0.500. The number of hydrogen-bond acceptors (Lipinski definition) is 8. The van der Waals surface area contributed by atoms with Crippen molar-refractivity contribution in [2.75, 3.05) is 31.5 Å². The molecule has 0 bridgehead atoms. The number of piperidine rings is 1. The summed E-state index contributed by atoms with van der Waals surface area (Å²) >= 11 is 3.11. The van der Waals surface area contributed by atoms with Crippen LogP contribution in [0.25, 0.3) is 0 Å². The van der Waals surface area contributed by atoms with E-state index in [4.69, 9.17) is 4.42 Å². The molecule has 1 aromatic carbocycles. The molecule has 2 aliphatic heterocycles. The van der Waals surface area contributed by atoms with Crippen molar-refractivity contribution < 1.29 is 9.21 Å². The number of carbonyl (C=O) groups excluding carboxylic acids is 1. The van der Waals surface area contributed by atoms with Gasteiger partial charge in [0, 0.05) is 22.9 Å². The molecule has 5 rings (SSSR count). The lowest BCUT2D eigenvalue weighted by atomic mass is 9.93. The van der Waals surface area contributed by atoms with Crippen LogP contribution in [0, 0.1) is 17.8 Å². The van der Waals surface area contributed by atoms with E-state index in [0.717, 1.165) is 61.0 Å². The fourth-order valence-electron chi connectivity index (χ4n) is 4.91. The first-order chi connectivity index (χ1) is 18.7. The highest BCUT2D eigenvalue weighted by molar-refractivity contribution is 8.00. The molecular formula is C30H37N5O2S2. The Hall–Kier alpha value is -2.64. The quantitative estimate of drug-likeness (QED) is 0.297. The van der Waals surface area contributed by atoms with Gasteiger partial charge in [-0.3, -0.25) is 9.69 Å². The van der Waals surface area contributed by atoms with E-state index in [1.165, 1.54) is 22.5 Å². The van der Waals surface area contributed by atoms with Crippen LogP contribution in [0.1, 0.15) is 74.9 Å². The molecular weight excluding hydrogens is 526 g/mol. The Morgan fingerprint density at radius 1 is 1.26 bits per heavy atom. The maximum Gasteiger partial charge on any atom is 0.229 e. The lowest BCUT2D eigenvalue weighted by molar-refractivity contribution is -0.121. The van der Waals surface area contributed by atoms with Crippen LogP contribution in [0.4, 0.5) is 5.13 Å². The molecule has 1 atom stereocenters. The zero-order chi connectivity index (χ0) is 27.4. The maximum absolute atomic E-state index is 12.9. The van der Waals surface area contributed by atoms with E-state index < -0.39 is 0 Å². The van der Waals surface area contributed by atoms with Crippen LogP contribution >= 0.6 is 23.1 Å². The van der Waals surface area contributed by atoms with Gasteiger partial charge >= 0.3 is 0 Å². The highest BCUT2D eigenvalue weighted by atomic mass is 32.2. The average Bonchev–Trinajstić information content (AvgIpc) is 3.58. The molecule has 3 aromatic rings. The summed E-state index contributed by atoms with van der Waals surface area (Å²) in [6.07, 6.45) is 6.35. The number of likely N-dealkylation sites (tertiary alicyclic amines) is 1. The number of hydrogen-bond donors (Lipinski definition) is 2. The van der Waals surface area contributed by atoms with Crippen molar-refractivity contribution in [1.82, 2.24) is 20.2 Å². The normalized spacial score (nSPS) is 18.3. The van der Waals surface area contributed by atoms with Gasteiger partial charge in [-0.15, -0.1) is 11.8 Å². The minimum absolute atomic E-state index is 0.00796. The summed E-state index contributed by atoms with van der Waals surface area (Å²) in [7, 11) is 0. The SMILES string of the molecule is CC1NCCc2cc(C#CCN3CCC(C(=O)Nc4ncc(SCc5ncc(C(C)(C)C)o5)s4)CC3)ccc21.